The fraction of sp³-hybridized carbons (Fsp3) is 0.538. The summed E-state index contributed by atoms with van der Waals surface area (Å²) in [6.07, 6.45) is 3.04. The van der Waals surface area contributed by atoms with Crippen molar-refractivity contribution in [3.63, 3.8) is 0 Å². The predicted molar refractivity (Wildman–Crippen MR) is 66.5 cm³/mol. The van der Waals surface area contributed by atoms with E-state index >= 15 is 0 Å². The molecule has 1 saturated carbocycles. The fourth-order valence-corrected chi connectivity index (χ4v) is 2.68. The quantitative estimate of drug-likeness (QED) is 0.836. The van der Waals surface area contributed by atoms with Crippen molar-refractivity contribution in [1.29, 1.82) is 0 Å². The third-order valence-electron chi connectivity index (χ3n) is 3.43. The first-order valence-electron chi connectivity index (χ1n) is 5.91. The molecule has 0 amide bonds. The van der Waals surface area contributed by atoms with E-state index in [2.05, 4.69) is 0 Å². The van der Waals surface area contributed by atoms with Crippen LogP contribution in [0.5, 0.6) is 11.5 Å². The monoisotopic (exact) mass is 253 g/mol. The van der Waals surface area contributed by atoms with Crippen LogP contribution in [0.2, 0.25) is 5.02 Å². The minimum Gasteiger partial charge on any atom is -0.448 e. The van der Waals surface area contributed by atoms with Gasteiger partial charge in [0.25, 0.3) is 5.79 Å². The van der Waals surface area contributed by atoms with Crippen molar-refractivity contribution in [2.75, 3.05) is 0 Å². The number of rotatable bonds is 1. The van der Waals surface area contributed by atoms with E-state index in [9.17, 15) is 0 Å². The Kier molecular flexibility index (Phi) is 2.17. The molecule has 17 heavy (non-hydrogen) atoms. The van der Waals surface area contributed by atoms with E-state index in [4.69, 9.17) is 26.8 Å². The second-order valence-corrected chi connectivity index (χ2v) is 5.88. The molecule has 3 rings (SSSR count). The van der Waals surface area contributed by atoms with Crippen molar-refractivity contribution >= 4 is 11.6 Å². The topological polar surface area (TPSA) is 44.5 Å². The summed E-state index contributed by atoms with van der Waals surface area (Å²) in [4.78, 5) is 0. The summed E-state index contributed by atoms with van der Waals surface area (Å²) in [5, 5.41) is 0.635. The Bertz CT molecular complexity index is 475. The van der Waals surface area contributed by atoms with E-state index in [1.54, 1.807) is 0 Å². The molecule has 1 heterocycles. The minimum atomic E-state index is -0.481. The van der Waals surface area contributed by atoms with E-state index in [1.807, 2.05) is 26.0 Å². The van der Waals surface area contributed by atoms with E-state index in [-0.39, 0.29) is 0 Å². The molecule has 0 radical (unpaired) electrons. The van der Waals surface area contributed by atoms with E-state index in [1.165, 1.54) is 0 Å². The minimum absolute atomic E-state index is 0.414. The highest BCUT2D eigenvalue weighted by Crippen LogP contribution is 2.50. The Morgan fingerprint density at radius 3 is 2.29 bits per heavy atom. The first kappa shape index (κ1) is 11.2. The van der Waals surface area contributed by atoms with Crippen molar-refractivity contribution in [2.45, 2.75) is 44.4 Å². The molecule has 0 aromatic heterocycles. The highest BCUT2D eigenvalue weighted by Gasteiger charge is 2.47. The molecule has 2 N–H and O–H groups in total. The predicted octanol–water partition coefficient (Wildman–Crippen LogP) is 3.19. The molecule has 1 aromatic rings. The Labute approximate surface area is 106 Å². The van der Waals surface area contributed by atoms with Crippen LogP contribution in [-0.4, -0.2) is 5.79 Å². The number of halogens is 1. The number of fused-ring (bicyclic) bond motifs is 1. The van der Waals surface area contributed by atoms with Crippen molar-refractivity contribution in [2.24, 2.45) is 5.73 Å². The van der Waals surface area contributed by atoms with Gasteiger partial charge in [-0.1, -0.05) is 11.6 Å². The summed E-state index contributed by atoms with van der Waals surface area (Å²) in [5.41, 5.74) is 6.49. The fourth-order valence-electron chi connectivity index (χ4n) is 2.28. The molecule has 4 heteroatoms. The Morgan fingerprint density at radius 1 is 1.24 bits per heavy atom. The van der Waals surface area contributed by atoms with Crippen LogP contribution in [0.1, 0.15) is 38.7 Å². The van der Waals surface area contributed by atoms with E-state index < -0.39 is 11.3 Å². The first-order valence-corrected chi connectivity index (χ1v) is 6.28. The van der Waals surface area contributed by atoms with Crippen LogP contribution in [0, 0.1) is 0 Å². The van der Waals surface area contributed by atoms with Gasteiger partial charge in [-0.05, 0) is 31.9 Å². The number of benzene rings is 1. The Hall–Kier alpha value is -0.930. The highest BCUT2D eigenvalue weighted by atomic mass is 35.5. The lowest BCUT2D eigenvalue weighted by Gasteiger charge is -2.35. The molecule has 1 aliphatic carbocycles. The third kappa shape index (κ3) is 1.69. The van der Waals surface area contributed by atoms with Crippen LogP contribution in [0.15, 0.2) is 12.1 Å². The van der Waals surface area contributed by atoms with Gasteiger partial charge in [-0.25, -0.2) is 0 Å². The summed E-state index contributed by atoms with van der Waals surface area (Å²) in [6.45, 7) is 3.85. The van der Waals surface area contributed by atoms with E-state index in [0.717, 1.165) is 36.3 Å². The molecule has 0 atom stereocenters. The number of hydrogen-bond donors (Lipinski definition) is 1. The zero-order valence-electron chi connectivity index (χ0n) is 10.0. The normalized spacial score (nSPS) is 20.5. The summed E-state index contributed by atoms with van der Waals surface area (Å²) < 4.78 is 11.7. The molecule has 1 spiro atoms. The van der Waals surface area contributed by atoms with Gasteiger partial charge >= 0.3 is 0 Å². The average molecular weight is 254 g/mol. The van der Waals surface area contributed by atoms with Crippen molar-refractivity contribution in [3.8, 4) is 11.5 Å². The summed E-state index contributed by atoms with van der Waals surface area (Å²) in [5.74, 6) is 1.09. The molecule has 1 aliphatic heterocycles. The van der Waals surface area contributed by atoms with Gasteiger partial charge in [0.2, 0.25) is 0 Å². The second kappa shape index (κ2) is 3.30. The second-order valence-electron chi connectivity index (χ2n) is 5.47. The lowest BCUT2D eigenvalue weighted by Crippen LogP contribution is -2.45. The maximum atomic E-state index is 6.23. The van der Waals surface area contributed by atoms with Gasteiger partial charge in [-0.15, -0.1) is 0 Å². The third-order valence-corrected chi connectivity index (χ3v) is 3.75. The zero-order valence-corrected chi connectivity index (χ0v) is 10.8. The van der Waals surface area contributed by atoms with Gasteiger partial charge in [0, 0.05) is 29.5 Å². The van der Waals surface area contributed by atoms with Crippen LogP contribution < -0.4 is 15.2 Å². The van der Waals surface area contributed by atoms with Crippen molar-refractivity contribution in [3.05, 3.63) is 22.7 Å². The molecule has 1 aromatic carbocycles. The van der Waals surface area contributed by atoms with Crippen LogP contribution >= 0.6 is 11.6 Å². The van der Waals surface area contributed by atoms with Gasteiger partial charge < -0.3 is 15.2 Å². The molecule has 0 bridgehead atoms. The van der Waals surface area contributed by atoms with E-state index in [0.29, 0.717) is 5.02 Å². The van der Waals surface area contributed by atoms with Crippen LogP contribution in [0.25, 0.3) is 0 Å². The van der Waals surface area contributed by atoms with Crippen LogP contribution in [0.3, 0.4) is 0 Å². The van der Waals surface area contributed by atoms with Crippen molar-refractivity contribution in [1.82, 2.24) is 0 Å². The summed E-state index contributed by atoms with van der Waals surface area (Å²) >= 11 is 6.23. The standard InChI is InChI=1S/C13H16ClNO2/c1-12(2,15)8-6-10-11(7-9(8)14)17-13(16-10)4-3-5-13/h6-7H,3-5,15H2,1-2H3. The molecule has 2 aliphatic rings. The van der Waals surface area contributed by atoms with Gasteiger partial charge in [-0.3, -0.25) is 0 Å². The SMILES string of the molecule is CC(C)(N)c1cc2c(cc1Cl)OC1(CCC1)O2. The van der Waals surface area contributed by atoms with Gasteiger partial charge in [-0.2, -0.15) is 0 Å². The van der Waals surface area contributed by atoms with Gasteiger partial charge in [0.05, 0.1) is 0 Å². The smallest absolute Gasteiger partial charge is 0.251 e. The Balaban J connectivity index is 2.01. The largest absolute Gasteiger partial charge is 0.448 e. The molecule has 0 unspecified atom stereocenters. The molecule has 3 nitrogen and oxygen atoms in total. The van der Waals surface area contributed by atoms with Gasteiger partial charge in [0.1, 0.15) is 0 Å². The molecular weight excluding hydrogens is 238 g/mol. The lowest BCUT2D eigenvalue weighted by molar-refractivity contribution is -0.138. The number of ether oxygens (including phenoxy) is 2. The number of hydrogen-bond acceptors (Lipinski definition) is 3. The molecular formula is C13H16ClNO2. The maximum Gasteiger partial charge on any atom is 0.251 e. The average Bonchev–Trinajstić information content (AvgIpc) is 2.52. The van der Waals surface area contributed by atoms with Crippen LogP contribution in [0.4, 0.5) is 0 Å². The maximum absolute atomic E-state index is 6.23. The zero-order chi connectivity index (χ0) is 12.3. The summed E-state index contributed by atoms with van der Waals surface area (Å²) in [6, 6.07) is 3.72. The lowest BCUT2D eigenvalue weighted by atomic mass is 9.91. The Morgan fingerprint density at radius 2 is 1.82 bits per heavy atom. The highest BCUT2D eigenvalue weighted by molar-refractivity contribution is 6.31. The summed E-state index contributed by atoms with van der Waals surface area (Å²) in [7, 11) is 0. The van der Waals surface area contributed by atoms with Crippen molar-refractivity contribution < 1.29 is 9.47 Å². The van der Waals surface area contributed by atoms with Gasteiger partial charge in [0.15, 0.2) is 11.5 Å². The molecule has 92 valence electrons. The number of nitrogens with two attached hydrogens (primary N) is 1. The molecule has 0 saturated heterocycles. The first-order chi connectivity index (χ1) is 7.90. The van der Waals surface area contributed by atoms with Crippen LogP contribution in [-0.2, 0) is 5.54 Å². The molecule has 1 fully saturated rings.